The molecular formula is C17H22F2N4O. The van der Waals surface area contributed by atoms with Gasteiger partial charge in [-0.25, -0.2) is 4.98 Å². The second-order valence-corrected chi connectivity index (χ2v) is 6.24. The van der Waals surface area contributed by atoms with Crippen LogP contribution in [0.25, 0.3) is 11.0 Å². The third-order valence-electron chi connectivity index (χ3n) is 4.81. The molecule has 1 aromatic heterocycles. The number of alkyl halides is 2. The number of amides is 1. The predicted octanol–water partition coefficient (Wildman–Crippen LogP) is 2.47. The molecular weight excluding hydrogens is 314 g/mol. The van der Waals surface area contributed by atoms with E-state index < -0.39 is 6.55 Å². The number of hydrogen-bond acceptors (Lipinski definition) is 3. The van der Waals surface area contributed by atoms with Crippen molar-refractivity contribution in [3.05, 3.63) is 30.1 Å². The Morgan fingerprint density at radius 2 is 2.17 bits per heavy atom. The molecule has 0 radical (unpaired) electrons. The summed E-state index contributed by atoms with van der Waals surface area (Å²) in [6, 6.07) is 6.81. The van der Waals surface area contributed by atoms with Crippen molar-refractivity contribution in [2.75, 3.05) is 13.1 Å². The molecule has 0 aliphatic heterocycles. The second-order valence-electron chi connectivity index (χ2n) is 6.24. The Morgan fingerprint density at radius 3 is 2.92 bits per heavy atom. The number of benzene rings is 1. The molecule has 24 heavy (non-hydrogen) atoms. The highest BCUT2D eigenvalue weighted by molar-refractivity contribution is 5.79. The van der Waals surface area contributed by atoms with Crippen molar-refractivity contribution in [3.63, 3.8) is 0 Å². The molecule has 7 heteroatoms. The minimum Gasteiger partial charge on any atom is -0.355 e. The van der Waals surface area contributed by atoms with E-state index >= 15 is 0 Å². The number of imidazole rings is 1. The number of hydrogen-bond donors (Lipinski definition) is 2. The Labute approximate surface area is 139 Å². The van der Waals surface area contributed by atoms with Gasteiger partial charge in [-0.15, -0.1) is 0 Å². The van der Waals surface area contributed by atoms with Crippen LogP contribution in [0.5, 0.6) is 0 Å². The van der Waals surface area contributed by atoms with E-state index in [2.05, 4.69) is 10.3 Å². The minimum absolute atomic E-state index is 0.0253. The van der Waals surface area contributed by atoms with Gasteiger partial charge in [0, 0.05) is 18.9 Å². The number of para-hydroxylation sites is 2. The van der Waals surface area contributed by atoms with Crippen LogP contribution in [0.2, 0.25) is 0 Å². The summed E-state index contributed by atoms with van der Waals surface area (Å²) in [7, 11) is 0. The van der Waals surface area contributed by atoms with Gasteiger partial charge in [-0.05, 0) is 37.4 Å². The predicted molar refractivity (Wildman–Crippen MR) is 87.6 cm³/mol. The van der Waals surface area contributed by atoms with E-state index in [4.69, 9.17) is 5.73 Å². The van der Waals surface area contributed by atoms with E-state index in [1.807, 2.05) is 0 Å². The Kier molecular flexibility index (Phi) is 5.08. The molecule has 130 valence electrons. The Bertz CT molecular complexity index is 716. The highest BCUT2D eigenvalue weighted by atomic mass is 19.3. The average Bonchev–Trinajstić information content (AvgIpc) is 3.18. The number of aromatic nitrogens is 2. The number of nitrogens with one attached hydrogen (secondary N) is 1. The summed E-state index contributed by atoms with van der Waals surface area (Å²) in [5.74, 6) is 0.440. The molecule has 1 saturated carbocycles. The maximum Gasteiger partial charge on any atom is 0.320 e. The number of carbonyl (C=O) groups excluding carboxylic acids is 1. The van der Waals surface area contributed by atoms with E-state index in [0.717, 1.165) is 23.8 Å². The molecule has 1 heterocycles. The van der Waals surface area contributed by atoms with E-state index in [0.29, 0.717) is 24.1 Å². The van der Waals surface area contributed by atoms with E-state index in [-0.39, 0.29) is 30.0 Å². The lowest BCUT2D eigenvalue weighted by molar-refractivity contribution is -0.125. The van der Waals surface area contributed by atoms with Crippen LogP contribution in [0.15, 0.2) is 24.3 Å². The van der Waals surface area contributed by atoms with Gasteiger partial charge in [-0.2, -0.15) is 8.78 Å². The summed E-state index contributed by atoms with van der Waals surface area (Å²) in [6.45, 7) is -1.85. The monoisotopic (exact) mass is 336 g/mol. The van der Waals surface area contributed by atoms with Gasteiger partial charge in [-0.1, -0.05) is 18.6 Å². The highest BCUT2D eigenvalue weighted by Gasteiger charge is 2.31. The molecule has 3 rings (SSSR count). The lowest BCUT2D eigenvalue weighted by atomic mass is 9.95. The summed E-state index contributed by atoms with van der Waals surface area (Å²) >= 11 is 0. The smallest absolute Gasteiger partial charge is 0.320 e. The van der Waals surface area contributed by atoms with Crippen LogP contribution >= 0.6 is 0 Å². The molecule has 1 aliphatic carbocycles. The van der Waals surface area contributed by atoms with Crippen LogP contribution in [-0.2, 0) is 11.2 Å². The van der Waals surface area contributed by atoms with Crippen LogP contribution in [0.4, 0.5) is 8.78 Å². The number of rotatable bonds is 6. The molecule has 0 bridgehead atoms. The van der Waals surface area contributed by atoms with Crippen molar-refractivity contribution in [3.8, 4) is 0 Å². The quantitative estimate of drug-likeness (QED) is 0.851. The van der Waals surface area contributed by atoms with Crippen molar-refractivity contribution in [2.24, 2.45) is 17.6 Å². The van der Waals surface area contributed by atoms with Crippen molar-refractivity contribution in [1.82, 2.24) is 14.9 Å². The Hall–Kier alpha value is -2.02. The van der Waals surface area contributed by atoms with E-state index in [1.165, 1.54) is 0 Å². The Balaban J connectivity index is 1.65. The van der Waals surface area contributed by atoms with Gasteiger partial charge >= 0.3 is 6.55 Å². The maximum atomic E-state index is 13.3. The lowest BCUT2D eigenvalue weighted by Crippen LogP contribution is -2.36. The molecule has 0 unspecified atom stereocenters. The zero-order valence-electron chi connectivity index (χ0n) is 13.4. The standard InChI is InChI=1S/C17H22F2N4O/c18-17(19)23-14-7-2-1-6-13(14)22-15(23)8-9-21-16(24)12-5-3-4-11(12)10-20/h1-2,6-7,11-12,17H,3-5,8-10,20H2,(H,21,24)/t11-,12-/m1/s1. The molecule has 2 aromatic rings. The largest absolute Gasteiger partial charge is 0.355 e. The maximum absolute atomic E-state index is 13.3. The van der Waals surface area contributed by atoms with E-state index in [9.17, 15) is 13.6 Å². The number of nitrogens with two attached hydrogens (primary N) is 1. The van der Waals surface area contributed by atoms with Gasteiger partial charge < -0.3 is 11.1 Å². The van der Waals surface area contributed by atoms with Gasteiger partial charge in [0.1, 0.15) is 5.82 Å². The highest BCUT2D eigenvalue weighted by Crippen LogP contribution is 2.31. The van der Waals surface area contributed by atoms with Gasteiger partial charge in [0.25, 0.3) is 0 Å². The summed E-state index contributed by atoms with van der Waals surface area (Å²) in [5.41, 5.74) is 6.65. The average molecular weight is 336 g/mol. The fourth-order valence-electron chi connectivity index (χ4n) is 3.58. The first-order chi connectivity index (χ1) is 11.6. The SMILES string of the molecule is NC[C@H]1CCC[C@H]1C(=O)NCCc1nc2ccccc2n1C(F)F. The third-order valence-corrected chi connectivity index (χ3v) is 4.81. The molecule has 1 aliphatic rings. The second kappa shape index (κ2) is 7.25. The normalized spacial score (nSPS) is 20.8. The van der Waals surface area contributed by atoms with Gasteiger partial charge in [0.05, 0.1) is 11.0 Å². The van der Waals surface area contributed by atoms with Crippen LogP contribution in [0.3, 0.4) is 0 Å². The van der Waals surface area contributed by atoms with Crippen LogP contribution in [0, 0.1) is 11.8 Å². The number of nitrogens with zero attached hydrogens (tertiary/aromatic N) is 2. The van der Waals surface area contributed by atoms with Crippen molar-refractivity contribution < 1.29 is 13.6 Å². The zero-order chi connectivity index (χ0) is 17.1. The first kappa shape index (κ1) is 16.8. The van der Waals surface area contributed by atoms with E-state index in [1.54, 1.807) is 24.3 Å². The molecule has 0 saturated heterocycles. The lowest BCUT2D eigenvalue weighted by Gasteiger charge is -2.17. The fraction of sp³-hybridized carbons (Fsp3) is 0.529. The number of fused-ring (bicyclic) bond motifs is 1. The minimum atomic E-state index is -2.65. The zero-order valence-corrected chi connectivity index (χ0v) is 13.4. The van der Waals surface area contributed by atoms with Gasteiger partial charge in [0.2, 0.25) is 5.91 Å². The van der Waals surface area contributed by atoms with Crippen molar-refractivity contribution >= 4 is 16.9 Å². The summed E-state index contributed by atoms with van der Waals surface area (Å²) < 4.78 is 27.6. The molecule has 1 aromatic carbocycles. The number of halogens is 2. The first-order valence-electron chi connectivity index (χ1n) is 8.33. The third kappa shape index (κ3) is 3.26. The molecule has 3 N–H and O–H groups in total. The number of carbonyl (C=O) groups is 1. The molecule has 1 amide bonds. The van der Waals surface area contributed by atoms with Gasteiger partial charge in [0.15, 0.2) is 0 Å². The van der Waals surface area contributed by atoms with Crippen LogP contribution < -0.4 is 11.1 Å². The summed E-state index contributed by atoms with van der Waals surface area (Å²) in [5, 5.41) is 2.86. The summed E-state index contributed by atoms with van der Waals surface area (Å²) in [6.07, 6.45) is 3.12. The van der Waals surface area contributed by atoms with Crippen LogP contribution in [-0.4, -0.2) is 28.5 Å². The van der Waals surface area contributed by atoms with Crippen LogP contribution in [0.1, 0.15) is 31.6 Å². The molecule has 1 fully saturated rings. The molecule has 0 spiro atoms. The molecule has 2 atom stereocenters. The topological polar surface area (TPSA) is 72.9 Å². The molecule has 5 nitrogen and oxygen atoms in total. The fourth-order valence-corrected chi connectivity index (χ4v) is 3.58. The Morgan fingerprint density at radius 1 is 1.38 bits per heavy atom. The van der Waals surface area contributed by atoms with Crippen molar-refractivity contribution in [1.29, 1.82) is 0 Å². The first-order valence-corrected chi connectivity index (χ1v) is 8.33. The summed E-state index contributed by atoms with van der Waals surface area (Å²) in [4.78, 5) is 16.5. The van der Waals surface area contributed by atoms with Gasteiger partial charge in [-0.3, -0.25) is 9.36 Å². The van der Waals surface area contributed by atoms with Crippen molar-refractivity contribution in [2.45, 2.75) is 32.2 Å².